The fourth-order valence-electron chi connectivity index (χ4n) is 6.60. The molecule has 2 unspecified atom stereocenters. The minimum atomic E-state index is -0.910. The molecule has 4 heterocycles. The summed E-state index contributed by atoms with van der Waals surface area (Å²) in [6, 6.07) is -0.150. The van der Waals surface area contributed by atoms with E-state index in [2.05, 4.69) is 27.5 Å². The van der Waals surface area contributed by atoms with E-state index in [1.54, 1.807) is 6.08 Å². The molecule has 1 aromatic heterocycles. The summed E-state index contributed by atoms with van der Waals surface area (Å²) < 4.78 is -0.654. The summed E-state index contributed by atoms with van der Waals surface area (Å²) in [6.45, 7) is 13.6. The number of rotatable bonds is 12. The normalized spacial score (nSPS) is 28.5. The van der Waals surface area contributed by atoms with E-state index in [-0.39, 0.29) is 55.0 Å². The topological polar surface area (TPSA) is 164 Å². The van der Waals surface area contributed by atoms with Crippen molar-refractivity contribution in [1.82, 2.24) is 20.9 Å². The van der Waals surface area contributed by atoms with Crippen LogP contribution in [0.15, 0.2) is 46.7 Å². The Morgan fingerprint density at radius 1 is 1.05 bits per heavy atom. The third-order valence-electron chi connectivity index (χ3n) is 9.63. The Morgan fingerprint density at radius 2 is 1.70 bits per heavy atom. The Balaban J connectivity index is 1.74. The first-order valence-electron chi connectivity index (χ1n) is 15.1. The van der Waals surface area contributed by atoms with Crippen LogP contribution >= 0.6 is 12.6 Å². The summed E-state index contributed by atoms with van der Waals surface area (Å²) in [6.07, 6.45) is 7.30. The van der Waals surface area contributed by atoms with Gasteiger partial charge in [0.1, 0.15) is 0 Å². The van der Waals surface area contributed by atoms with Gasteiger partial charge in [0.05, 0.1) is 10.7 Å². The zero-order chi connectivity index (χ0) is 32.5. The number of thiol groups is 1. The van der Waals surface area contributed by atoms with Gasteiger partial charge in [-0.15, -0.1) is 0 Å². The van der Waals surface area contributed by atoms with Gasteiger partial charge in [-0.05, 0) is 74.0 Å². The van der Waals surface area contributed by atoms with Crippen molar-refractivity contribution in [3.8, 4) is 0 Å². The van der Waals surface area contributed by atoms with Crippen molar-refractivity contribution >= 4 is 42.6 Å². The Kier molecular flexibility index (Phi) is 9.77. The predicted molar refractivity (Wildman–Crippen MR) is 174 cm³/mol. The number of aromatic nitrogens is 1. The average Bonchev–Trinajstić information content (AvgIpc) is 3.59. The minimum absolute atomic E-state index is 0.0364. The van der Waals surface area contributed by atoms with Gasteiger partial charge in [-0.3, -0.25) is 14.4 Å². The Labute approximate surface area is 263 Å². The quantitative estimate of drug-likeness (QED) is 0.151. The number of aliphatic hydroxyl groups excluding tert-OH is 1. The highest BCUT2D eigenvalue weighted by molar-refractivity contribution is 7.82. The third kappa shape index (κ3) is 6.33. The summed E-state index contributed by atoms with van der Waals surface area (Å²) >= 11 is 4.88. The summed E-state index contributed by atoms with van der Waals surface area (Å²) in [5, 5.41) is 39.0. The van der Waals surface area contributed by atoms with Crippen molar-refractivity contribution in [1.29, 1.82) is 0 Å². The number of amides is 1. The van der Waals surface area contributed by atoms with Crippen LogP contribution in [-0.2, 0) is 20.8 Å². The lowest BCUT2D eigenvalue weighted by atomic mass is 9.90. The van der Waals surface area contributed by atoms with Gasteiger partial charge in [0.25, 0.3) is 0 Å². The maximum atomic E-state index is 12.6. The van der Waals surface area contributed by atoms with Crippen LogP contribution in [0.2, 0.25) is 0 Å². The van der Waals surface area contributed by atoms with Crippen molar-refractivity contribution in [2.24, 2.45) is 11.8 Å². The van der Waals surface area contributed by atoms with Gasteiger partial charge < -0.3 is 36.3 Å². The number of carbonyl (C=O) groups is 3. The molecule has 44 heavy (non-hydrogen) atoms. The molecule has 238 valence electrons. The van der Waals surface area contributed by atoms with Gasteiger partial charge in [0.2, 0.25) is 5.91 Å². The largest absolute Gasteiger partial charge is 0.495 e. The van der Waals surface area contributed by atoms with E-state index in [0.29, 0.717) is 25.0 Å². The number of carboxylic acids is 2. The van der Waals surface area contributed by atoms with Crippen LogP contribution in [-0.4, -0.2) is 55.0 Å². The summed E-state index contributed by atoms with van der Waals surface area (Å²) in [4.78, 5) is 39.1. The highest BCUT2D eigenvalue weighted by atomic mass is 32.1. The average molecular weight is 625 g/mol. The molecule has 1 amide bonds. The minimum Gasteiger partial charge on any atom is -0.495 e. The van der Waals surface area contributed by atoms with E-state index < -0.39 is 16.7 Å². The van der Waals surface area contributed by atoms with Gasteiger partial charge >= 0.3 is 11.9 Å². The second kappa shape index (κ2) is 13.0. The van der Waals surface area contributed by atoms with Gasteiger partial charge in [-0.1, -0.05) is 33.4 Å². The molecule has 3 aliphatic rings. The smallest absolute Gasteiger partial charge is 0.303 e. The second-order valence-electron chi connectivity index (χ2n) is 12.1. The summed E-state index contributed by atoms with van der Waals surface area (Å²) in [5.41, 5.74) is 7.34. The van der Waals surface area contributed by atoms with E-state index in [1.807, 2.05) is 46.8 Å². The molecule has 0 bridgehead atoms. The second-order valence-corrected chi connectivity index (χ2v) is 12.9. The number of allylic oxidation sites excluding steroid dienone is 2. The molecule has 0 radical (unpaired) electrons. The number of H-pyrrole nitrogens is 1. The number of aromatic amines is 1. The highest BCUT2D eigenvalue weighted by Gasteiger charge is 2.45. The predicted octanol–water partition coefficient (Wildman–Crippen LogP) is 4.97. The van der Waals surface area contributed by atoms with Crippen molar-refractivity contribution in [2.45, 2.75) is 90.0 Å². The number of aliphatic carboxylic acids is 2. The SMILES string of the molecule is C=CC1=C(O)N[C@H](CC2N/C(=C/c3[nH]c(/C=C4\NC(=O)[C@H](C)[C@@]4(S)CC)c(C)c3CCC(=O)O)C(CCC(=O)O)=C2C)C1C. The van der Waals surface area contributed by atoms with E-state index >= 15 is 0 Å². The van der Waals surface area contributed by atoms with E-state index in [0.717, 1.165) is 44.9 Å². The molecule has 1 aromatic rings. The van der Waals surface area contributed by atoms with E-state index in [4.69, 9.17) is 12.6 Å². The molecule has 7 N–H and O–H groups in total. The van der Waals surface area contributed by atoms with Crippen LogP contribution < -0.4 is 16.0 Å². The zero-order valence-electron chi connectivity index (χ0n) is 26.0. The first kappa shape index (κ1) is 33.0. The summed E-state index contributed by atoms with van der Waals surface area (Å²) in [7, 11) is 0. The Morgan fingerprint density at radius 3 is 2.30 bits per heavy atom. The molecule has 10 nitrogen and oxygen atoms in total. The van der Waals surface area contributed by atoms with Crippen LogP contribution in [0.4, 0.5) is 0 Å². The Hall–Kier alpha value is -3.86. The lowest BCUT2D eigenvalue weighted by Crippen LogP contribution is -2.36. The third-order valence-corrected chi connectivity index (χ3v) is 10.6. The van der Waals surface area contributed by atoms with Gasteiger partial charge in [0, 0.05) is 59.2 Å². The van der Waals surface area contributed by atoms with Crippen molar-refractivity contribution in [3.05, 3.63) is 69.2 Å². The molecular weight excluding hydrogens is 580 g/mol. The molecule has 5 atom stereocenters. The lowest BCUT2D eigenvalue weighted by molar-refractivity contribution is -0.138. The molecule has 4 rings (SSSR count). The molecule has 3 aliphatic heterocycles. The molecule has 0 spiro atoms. The maximum Gasteiger partial charge on any atom is 0.303 e. The summed E-state index contributed by atoms with van der Waals surface area (Å²) in [5.74, 6) is -2.03. The molecule has 0 saturated carbocycles. The van der Waals surface area contributed by atoms with Crippen molar-refractivity contribution in [3.63, 3.8) is 0 Å². The molecule has 0 aliphatic carbocycles. The fourth-order valence-corrected chi connectivity index (χ4v) is 6.83. The van der Waals surface area contributed by atoms with Gasteiger partial charge in [-0.25, -0.2) is 0 Å². The van der Waals surface area contributed by atoms with Crippen LogP contribution in [0.5, 0.6) is 0 Å². The van der Waals surface area contributed by atoms with Crippen LogP contribution in [0, 0.1) is 18.8 Å². The van der Waals surface area contributed by atoms with E-state index in [9.17, 15) is 29.7 Å². The van der Waals surface area contributed by atoms with Crippen molar-refractivity contribution < 1.29 is 29.7 Å². The monoisotopic (exact) mass is 624 g/mol. The van der Waals surface area contributed by atoms with Crippen LogP contribution in [0.3, 0.4) is 0 Å². The number of aliphatic hydroxyl groups is 1. The van der Waals surface area contributed by atoms with Crippen LogP contribution in [0.25, 0.3) is 12.2 Å². The molecule has 0 aromatic carbocycles. The molecule has 1 fully saturated rings. The van der Waals surface area contributed by atoms with Crippen molar-refractivity contribution in [2.75, 3.05) is 0 Å². The van der Waals surface area contributed by atoms with E-state index in [1.165, 1.54) is 0 Å². The molecule has 1 saturated heterocycles. The molecule has 11 heteroatoms. The number of carbonyl (C=O) groups excluding carboxylic acids is 1. The number of hydrogen-bond donors (Lipinski definition) is 8. The first-order valence-corrected chi connectivity index (χ1v) is 15.6. The number of hydrogen-bond acceptors (Lipinski definition) is 7. The lowest BCUT2D eigenvalue weighted by Gasteiger charge is -2.25. The van der Waals surface area contributed by atoms with Crippen LogP contribution in [0.1, 0.15) is 82.3 Å². The maximum absolute atomic E-state index is 12.6. The van der Waals surface area contributed by atoms with Gasteiger partial charge in [0.15, 0.2) is 5.88 Å². The number of carboxylic acid groups (broad SMARTS) is 2. The number of nitrogens with one attached hydrogen (secondary N) is 4. The Bertz CT molecular complexity index is 1500. The first-order chi connectivity index (χ1) is 20.7. The fraction of sp³-hybridized carbons (Fsp3) is 0.485. The van der Waals surface area contributed by atoms with Gasteiger partial charge in [-0.2, -0.15) is 12.6 Å². The standard InChI is InChI=1S/C33H44N4O6S/c1-7-20-16(3)24(36-32(20)43)13-23-17(4)21(9-11-29(38)39)26(34-23)14-27-22(10-12-30(40)41)18(5)25(35-27)15-28-33(44,8-2)19(6)31(42)37-28/h7,14-16,19,23-24,34-36,43-44H,1,8-13H2,2-6H3,(H,37,42)(H,38,39)(H,40,41)/b26-14+,28-15-/t16?,19-,23?,24+,33-/m0/s1. The highest BCUT2D eigenvalue weighted by Crippen LogP contribution is 2.41. The zero-order valence-corrected chi connectivity index (χ0v) is 26.9. The molecular formula is C33H44N4O6S.